The number of rotatable bonds is 0. The lowest BCUT2D eigenvalue weighted by molar-refractivity contribution is 0.167. The van der Waals surface area contributed by atoms with Crippen molar-refractivity contribution in [3.8, 4) is 0 Å². The molecule has 0 saturated heterocycles. The number of hydrogen-bond donors (Lipinski definition) is 2. The van der Waals surface area contributed by atoms with Gasteiger partial charge in [0, 0.05) is 23.7 Å². The standard InChI is InChI=1S/C11H18N8OS4/c12-18-8-2-1-5-23-24-11-17-16-10(19(11)13)22-7-4-20-3-6-21-9(18)15-14-8/h1-7,12-13H2. The number of fused-ring (bicyclic) bond motifs is 4. The number of nitrogens with zero attached hydrogens (tertiary/aromatic N) is 6. The van der Waals surface area contributed by atoms with Gasteiger partial charge in [-0.05, 0) is 17.2 Å². The molecule has 2 aromatic rings. The van der Waals surface area contributed by atoms with Crippen LogP contribution < -0.4 is 11.7 Å². The van der Waals surface area contributed by atoms with Gasteiger partial charge in [-0.3, -0.25) is 0 Å². The first-order valence-electron chi connectivity index (χ1n) is 7.28. The second-order valence-corrected chi connectivity index (χ2v) is 9.23. The Balaban J connectivity index is 1.62. The van der Waals surface area contributed by atoms with E-state index in [2.05, 4.69) is 20.4 Å². The third-order valence-corrected chi connectivity index (χ3v) is 7.16. The summed E-state index contributed by atoms with van der Waals surface area (Å²) in [4.78, 5) is 0. The summed E-state index contributed by atoms with van der Waals surface area (Å²) in [6.45, 7) is 1.25. The second-order valence-electron chi connectivity index (χ2n) is 4.72. The molecule has 3 heterocycles. The highest BCUT2D eigenvalue weighted by atomic mass is 33.1. The predicted octanol–water partition coefficient (Wildman–Crippen LogP) is 0.885. The summed E-state index contributed by atoms with van der Waals surface area (Å²) in [5, 5.41) is 18.7. The number of aromatic nitrogens is 6. The highest BCUT2D eigenvalue weighted by Gasteiger charge is 2.13. The average Bonchev–Trinajstić information content (AvgIpc) is 3.10. The van der Waals surface area contributed by atoms with Crippen LogP contribution in [-0.2, 0) is 11.2 Å². The van der Waals surface area contributed by atoms with Crippen molar-refractivity contribution in [2.45, 2.75) is 28.3 Å². The Hall–Kier alpha value is -0.760. The Kier molecular flexibility index (Phi) is 6.83. The molecular weight excluding hydrogens is 388 g/mol. The van der Waals surface area contributed by atoms with Crippen molar-refractivity contribution in [3.05, 3.63) is 5.82 Å². The van der Waals surface area contributed by atoms with Crippen LogP contribution in [-0.4, -0.2) is 60.2 Å². The molecule has 3 rings (SSSR count). The molecule has 0 aliphatic carbocycles. The molecule has 0 atom stereocenters. The minimum absolute atomic E-state index is 0.621. The first kappa shape index (κ1) is 18.0. The average molecular weight is 407 g/mol. The second kappa shape index (κ2) is 9.08. The van der Waals surface area contributed by atoms with E-state index in [4.69, 9.17) is 16.4 Å². The van der Waals surface area contributed by atoms with Crippen molar-refractivity contribution in [2.24, 2.45) is 0 Å². The van der Waals surface area contributed by atoms with Crippen LogP contribution in [0.4, 0.5) is 0 Å². The van der Waals surface area contributed by atoms with E-state index >= 15 is 0 Å². The summed E-state index contributed by atoms with van der Waals surface area (Å²) in [7, 11) is 3.21. The van der Waals surface area contributed by atoms with Crippen LogP contribution >= 0.6 is 45.1 Å². The summed E-state index contributed by atoms with van der Waals surface area (Å²) in [5.41, 5.74) is 0. The van der Waals surface area contributed by atoms with E-state index in [0.29, 0.717) is 23.5 Å². The molecular formula is C11H18N8OS4. The minimum Gasteiger partial charge on any atom is -0.380 e. The van der Waals surface area contributed by atoms with Crippen LogP contribution in [0.15, 0.2) is 15.5 Å². The zero-order chi connectivity index (χ0) is 16.8. The van der Waals surface area contributed by atoms with Crippen molar-refractivity contribution >= 4 is 45.1 Å². The molecule has 0 radical (unpaired) electrons. The van der Waals surface area contributed by atoms with Gasteiger partial charge < -0.3 is 16.4 Å². The molecule has 0 aromatic carbocycles. The predicted molar refractivity (Wildman–Crippen MR) is 99.2 cm³/mol. The first-order valence-corrected chi connectivity index (χ1v) is 11.6. The van der Waals surface area contributed by atoms with E-state index in [1.807, 2.05) is 0 Å². The number of nitrogen functional groups attached to an aromatic ring is 2. The Bertz CT molecular complexity index is 608. The molecule has 132 valence electrons. The van der Waals surface area contributed by atoms with Crippen molar-refractivity contribution in [1.82, 2.24) is 29.7 Å². The molecule has 24 heavy (non-hydrogen) atoms. The van der Waals surface area contributed by atoms with Crippen molar-refractivity contribution in [1.29, 1.82) is 0 Å². The molecule has 1 aliphatic rings. The van der Waals surface area contributed by atoms with E-state index in [1.165, 1.54) is 27.2 Å². The zero-order valence-corrected chi connectivity index (χ0v) is 16.1. The van der Waals surface area contributed by atoms with E-state index in [9.17, 15) is 0 Å². The van der Waals surface area contributed by atoms with Gasteiger partial charge in [0.1, 0.15) is 0 Å². The number of ether oxygens (including phenoxy) is 1. The minimum atomic E-state index is 0.621. The van der Waals surface area contributed by atoms with Crippen LogP contribution in [0.5, 0.6) is 0 Å². The van der Waals surface area contributed by atoms with Crippen LogP contribution in [0.25, 0.3) is 0 Å². The fourth-order valence-corrected chi connectivity index (χ4v) is 5.31. The lowest BCUT2D eigenvalue weighted by Crippen LogP contribution is -2.15. The largest absolute Gasteiger partial charge is 0.380 e. The van der Waals surface area contributed by atoms with Gasteiger partial charge in [-0.1, -0.05) is 34.3 Å². The molecule has 9 nitrogen and oxygen atoms in total. The molecule has 13 heteroatoms. The van der Waals surface area contributed by atoms with Crippen LogP contribution in [0.2, 0.25) is 0 Å². The summed E-state index contributed by atoms with van der Waals surface area (Å²) < 4.78 is 8.71. The summed E-state index contributed by atoms with van der Waals surface area (Å²) in [6, 6.07) is 0. The van der Waals surface area contributed by atoms with E-state index in [0.717, 1.165) is 41.1 Å². The Morgan fingerprint density at radius 2 is 1.50 bits per heavy atom. The van der Waals surface area contributed by atoms with Gasteiger partial charge >= 0.3 is 0 Å². The number of thioether (sulfide) groups is 2. The monoisotopic (exact) mass is 406 g/mol. The van der Waals surface area contributed by atoms with Gasteiger partial charge in [-0.2, -0.15) is 0 Å². The molecule has 0 fully saturated rings. The lowest BCUT2D eigenvalue weighted by Gasteiger charge is -2.06. The summed E-state index contributed by atoms with van der Waals surface area (Å²) in [6.07, 6.45) is 1.73. The zero-order valence-electron chi connectivity index (χ0n) is 12.8. The normalized spacial score (nSPS) is 18.0. The SMILES string of the molecule is Nn1c2nnc1SCCOCCSc1nnc(n1N)SSCCC2. The van der Waals surface area contributed by atoms with E-state index in [-0.39, 0.29) is 0 Å². The Labute approximate surface area is 155 Å². The molecule has 4 bridgehead atoms. The Morgan fingerprint density at radius 3 is 2.29 bits per heavy atom. The maximum atomic E-state index is 6.04. The van der Waals surface area contributed by atoms with Gasteiger partial charge in [0.15, 0.2) is 5.82 Å². The first-order chi connectivity index (χ1) is 11.8. The Morgan fingerprint density at radius 1 is 0.833 bits per heavy atom. The van der Waals surface area contributed by atoms with E-state index in [1.54, 1.807) is 27.2 Å². The maximum absolute atomic E-state index is 6.04. The maximum Gasteiger partial charge on any atom is 0.221 e. The van der Waals surface area contributed by atoms with Crippen molar-refractivity contribution in [3.63, 3.8) is 0 Å². The highest BCUT2D eigenvalue weighted by Crippen LogP contribution is 2.31. The third-order valence-electron chi connectivity index (χ3n) is 3.05. The van der Waals surface area contributed by atoms with E-state index < -0.39 is 0 Å². The quantitative estimate of drug-likeness (QED) is 0.479. The van der Waals surface area contributed by atoms with Gasteiger partial charge in [-0.25, -0.2) is 9.35 Å². The fourth-order valence-electron chi connectivity index (χ4n) is 1.86. The van der Waals surface area contributed by atoms with Gasteiger partial charge in [0.25, 0.3) is 0 Å². The third kappa shape index (κ3) is 4.65. The van der Waals surface area contributed by atoms with Crippen LogP contribution in [0, 0.1) is 0 Å². The lowest BCUT2D eigenvalue weighted by atomic mass is 10.3. The van der Waals surface area contributed by atoms with Crippen molar-refractivity contribution in [2.75, 3.05) is 42.2 Å². The van der Waals surface area contributed by atoms with Gasteiger partial charge in [0.05, 0.1) is 13.2 Å². The molecule has 0 amide bonds. The topological polar surface area (TPSA) is 123 Å². The highest BCUT2D eigenvalue weighted by molar-refractivity contribution is 8.76. The number of aryl methyl sites for hydroxylation is 1. The number of nitrogens with two attached hydrogens (primary N) is 2. The molecule has 1 aliphatic heterocycles. The summed E-state index contributed by atoms with van der Waals surface area (Å²) in [5.74, 6) is 15.3. The summed E-state index contributed by atoms with van der Waals surface area (Å²) >= 11 is 3.09. The van der Waals surface area contributed by atoms with Crippen LogP contribution in [0.3, 0.4) is 0 Å². The molecule has 4 N–H and O–H groups in total. The molecule has 0 saturated carbocycles. The fraction of sp³-hybridized carbons (Fsp3) is 0.636. The number of hydrogen-bond acceptors (Lipinski definition) is 11. The molecule has 0 spiro atoms. The van der Waals surface area contributed by atoms with Crippen LogP contribution in [0.1, 0.15) is 12.2 Å². The van der Waals surface area contributed by atoms with Gasteiger partial charge in [-0.15, -0.1) is 20.4 Å². The molecule has 2 aromatic heterocycles. The van der Waals surface area contributed by atoms with Gasteiger partial charge in [0.2, 0.25) is 15.5 Å². The molecule has 0 unspecified atom stereocenters. The van der Waals surface area contributed by atoms with Crippen molar-refractivity contribution < 1.29 is 4.74 Å². The smallest absolute Gasteiger partial charge is 0.221 e.